The lowest BCUT2D eigenvalue weighted by Crippen LogP contribution is -2.66. The lowest BCUT2D eigenvalue weighted by atomic mass is 9.77. The first-order valence-electron chi connectivity index (χ1n) is 7.65. The molecule has 112 valence electrons. The number of urea groups is 1. The largest absolute Gasteiger partial charge is 0.331 e. The molecule has 2 aliphatic rings. The summed E-state index contributed by atoms with van der Waals surface area (Å²) >= 11 is 0. The van der Waals surface area contributed by atoms with Gasteiger partial charge in [-0.05, 0) is 31.6 Å². The molecule has 0 aromatic heterocycles. The van der Waals surface area contributed by atoms with Crippen LogP contribution in [0.15, 0.2) is 0 Å². The number of imide groups is 2. The summed E-state index contributed by atoms with van der Waals surface area (Å²) in [6.07, 6.45) is 4.73. The molecule has 0 spiro atoms. The van der Waals surface area contributed by atoms with Crippen LogP contribution in [0.1, 0.15) is 59.3 Å². The number of carbonyl (C=O) groups is 3. The minimum atomic E-state index is -1.06. The van der Waals surface area contributed by atoms with Crippen LogP contribution in [0.5, 0.6) is 0 Å². The molecule has 0 radical (unpaired) electrons. The Morgan fingerprint density at radius 3 is 2.40 bits per heavy atom. The third-order valence-corrected chi connectivity index (χ3v) is 4.98. The van der Waals surface area contributed by atoms with E-state index in [2.05, 4.69) is 12.2 Å². The molecule has 1 N–H and O–H groups in total. The number of nitrogens with zero attached hydrogens (tertiary/aromatic N) is 1. The molecular formula is C15H24N2O3. The van der Waals surface area contributed by atoms with Crippen molar-refractivity contribution in [2.75, 3.05) is 0 Å². The molecule has 0 aromatic carbocycles. The number of carbonyl (C=O) groups excluding carboxylic acids is 3. The van der Waals surface area contributed by atoms with E-state index in [1.807, 2.05) is 13.8 Å². The highest BCUT2D eigenvalue weighted by Crippen LogP contribution is 2.36. The Kier molecular flexibility index (Phi) is 4.16. The van der Waals surface area contributed by atoms with Crippen LogP contribution in [0.25, 0.3) is 0 Å². The smallest absolute Gasteiger partial charge is 0.277 e. The summed E-state index contributed by atoms with van der Waals surface area (Å²) in [7, 11) is 0. The molecule has 2 unspecified atom stereocenters. The second kappa shape index (κ2) is 5.54. The van der Waals surface area contributed by atoms with Gasteiger partial charge in [-0.25, -0.2) is 4.79 Å². The van der Waals surface area contributed by atoms with Gasteiger partial charge in [-0.1, -0.05) is 33.6 Å². The van der Waals surface area contributed by atoms with Gasteiger partial charge in [-0.2, -0.15) is 0 Å². The highest BCUT2D eigenvalue weighted by molar-refractivity contribution is 6.19. The summed E-state index contributed by atoms with van der Waals surface area (Å²) in [5.74, 6) is -0.211. The fourth-order valence-corrected chi connectivity index (χ4v) is 3.54. The van der Waals surface area contributed by atoms with E-state index in [9.17, 15) is 14.4 Å². The van der Waals surface area contributed by atoms with Crippen LogP contribution >= 0.6 is 0 Å². The summed E-state index contributed by atoms with van der Waals surface area (Å²) < 4.78 is 0. The Morgan fingerprint density at radius 2 is 1.85 bits per heavy atom. The van der Waals surface area contributed by atoms with Crippen molar-refractivity contribution in [2.24, 2.45) is 11.3 Å². The lowest BCUT2D eigenvalue weighted by molar-refractivity contribution is -0.154. The number of barbiturate groups is 1. The molecule has 2 rings (SSSR count). The number of nitrogens with one attached hydrogen (secondary N) is 1. The Bertz CT molecular complexity index is 429. The quantitative estimate of drug-likeness (QED) is 0.807. The molecule has 5 nitrogen and oxygen atoms in total. The second-order valence-electron chi connectivity index (χ2n) is 6.15. The van der Waals surface area contributed by atoms with Gasteiger partial charge in [0.2, 0.25) is 11.8 Å². The maximum absolute atomic E-state index is 12.8. The third-order valence-electron chi connectivity index (χ3n) is 4.98. The predicted octanol–water partition coefficient (Wildman–Crippen LogP) is 2.45. The maximum Gasteiger partial charge on any atom is 0.331 e. The van der Waals surface area contributed by atoms with Crippen LogP contribution < -0.4 is 5.32 Å². The number of hydrogen-bond donors (Lipinski definition) is 1. The van der Waals surface area contributed by atoms with Crippen LogP contribution in [0.2, 0.25) is 0 Å². The first kappa shape index (κ1) is 15.0. The SMILES string of the molecule is CCC1(CC)C(=O)NC(=O)N(C2CCCC(C)C2)C1=O. The summed E-state index contributed by atoms with van der Waals surface area (Å²) in [4.78, 5) is 38.3. The van der Waals surface area contributed by atoms with Crippen molar-refractivity contribution in [2.45, 2.75) is 65.3 Å². The number of amides is 4. The molecule has 1 aliphatic carbocycles. The minimum absolute atomic E-state index is 0.0585. The molecule has 2 atom stereocenters. The van der Waals surface area contributed by atoms with Gasteiger partial charge in [0.25, 0.3) is 0 Å². The molecule has 0 aromatic rings. The Balaban J connectivity index is 2.30. The zero-order valence-corrected chi connectivity index (χ0v) is 12.6. The first-order valence-corrected chi connectivity index (χ1v) is 7.65. The van der Waals surface area contributed by atoms with Crippen molar-refractivity contribution in [3.05, 3.63) is 0 Å². The van der Waals surface area contributed by atoms with Gasteiger partial charge in [0, 0.05) is 6.04 Å². The maximum atomic E-state index is 12.8. The van der Waals surface area contributed by atoms with E-state index in [0.717, 1.165) is 25.7 Å². The van der Waals surface area contributed by atoms with E-state index in [-0.39, 0.29) is 11.9 Å². The van der Waals surface area contributed by atoms with Crippen LogP contribution in [-0.4, -0.2) is 28.8 Å². The monoisotopic (exact) mass is 280 g/mol. The summed E-state index contributed by atoms with van der Waals surface area (Å²) in [5.41, 5.74) is -1.06. The zero-order chi connectivity index (χ0) is 14.9. The zero-order valence-electron chi connectivity index (χ0n) is 12.6. The van der Waals surface area contributed by atoms with Gasteiger partial charge in [-0.15, -0.1) is 0 Å². The van der Waals surface area contributed by atoms with Crippen molar-refractivity contribution in [3.8, 4) is 0 Å². The average Bonchev–Trinajstić information content (AvgIpc) is 2.40. The van der Waals surface area contributed by atoms with Gasteiger partial charge in [-0.3, -0.25) is 19.8 Å². The second-order valence-corrected chi connectivity index (χ2v) is 6.15. The lowest BCUT2D eigenvalue weighted by Gasteiger charge is -2.43. The molecular weight excluding hydrogens is 256 g/mol. The summed E-state index contributed by atoms with van der Waals surface area (Å²) in [5, 5.41) is 2.39. The van der Waals surface area contributed by atoms with Gasteiger partial charge in [0.05, 0.1) is 0 Å². The van der Waals surface area contributed by atoms with E-state index in [1.165, 1.54) is 4.90 Å². The molecule has 20 heavy (non-hydrogen) atoms. The molecule has 1 saturated heterocycles. The minimum Gasteiger partial charge on any atom is -0.277 e. The highest BCUT2D eigenvalue weighted by atomic mass is 16.2. The molecule has 0 bridgehead atoms. The normalized spacial score (nSPS) is 30.4. The van der Waals surface area contributed by atoms with E-state index in [0.29, 0.717) is 18.8 Å². The third kappa shape index (κ3) is 2.23. The molecule has 1 heterocycles. The van der Waals surface area contributed by atoms with Crippen molar-refractivity contribution in [1.29, 1.82) is 0 Å². The molecule has 2 fully saturated rings. The fraction of sp³-hybridized carbons (Fsp3) is 0.800. The topological polar surface area (TPSA) is 66.5 Å². The predicted molar refractivity (Wildman–Crippen MR) is 74.8 cm³/mol. The molecule has 1 saturated carbocycles. The van der Waals surface area contributed by atoms with Crippen molar-refractivity contribution >= 4 is 17.8 Å². The molecule has 1 aliphatic heterocycles. The number of rotatable bonds is 3. The van der Waals surface area contributed by atoms with Crippen molar-refractivity contribution in [1.82, 2.24) is 10.2 Å². The first-order chi connectivity index (χ1) is 9.46. The molecule has 5 heteroatoms. The van der Waals surface area contributed by atoms with E-state index in [1.54, 1.807) is 0 Å². The van der Waals surface area contributed by atoms with E-state index < -0.39 is 17.4 Å². The summed E-state index contributed by atoms with van der Waals surface area (Å²) in [6.45, 7) is 5.81. The van der Waals surface area contributed by atoms with Crippen molar-refractivity contribution < 1.29 is 14.4 Å². The standard InChI is InChI=1S/C15H24N2O3/c1-4-15(5-2)12(18)16-14(20)17(13(15)19)11-8-6-7-10(3)9-11/h10-11H,4-9H2,1-3H3,(H,16,18,20). The average molecular weight is 280 g/mol. The van der Waals surface area contributed by atoms with Gasteiger partial charge < -0.3 is 0 Å². The van der Waals surface area contributed by atoms with Gasteiger partial charge in [0.1, 0.15) is 5.41 Å². The Labute approximate surface area is 120 Å². The number of hydrogen-bond acceptors (Lipinski definition) is 3. The Morgan fingerprint density at radius 1 is 1.20 bits per heavy atom. The fourth-order valence-electron chi connectivity index (χ4n) is 3.54. The van der Waals surface area contributed by atoms with Crippen LogP contribution in [0, 0.1) is 11.3 Å². The Hall–Kier alpha value is -1.39. The van der Waals surface area contributed by atoms with Crippen molar-refractivity contribution in [3.63, 3.8) is 0 Å². The van der Waals surface area contributed by atoms with Crippen LogP contribution in [-0.2, 0) is 9.59 Å². The van der Waals surface area contributed by atoms with Gasteiger partial charge >= 0.3 is 6.03 Å². The van der Waals surface area contributed by atoms with Gasteiger partial charge in [0.15, 0.2) is 0 Å². The van der Waals surface area contributed by atoms with E-state index in [4.69, 9.17) is 0 Å². The van der Waals surface area contributed by atoms with Crippen LogP contribution in [0.3, 0.4) is 0 Å². The highest BCUT2D eigenvalue weighted by Gasteiger charge is 2.53. The van der Waals surface area contributed by atoms with Crippen LogP contribution in [0.4, 0.5) is 4.79 Å². The summed E-state index contributed by atoms with van der Waals surface area (Å²) in [6, 6.07) is -0.589. The molecule has 4 amide bonds. The van der Waals surface area contributed by atoms with E-state index >= 15 is 0 Å².